The maximum Gasteiger partial charge on any atom is 0.276 e. The van der Waals surface area contributed by atoms with E-state index in [-0.39, 0.29) is 12.2 Å². The largest absolute Gasteiger partial charge is 0.483 e. The first-order valence-corrected chi connectivity index (χ1v) is 9.76. The summed E-state index contributed by atoms with van der Waals surface area (Å²) in [6.07, 6.45) is 0. The molecular weight excluding hydrogens is 499 g/mol. The summed E-state index contributed by atoms with van der Waals surface area (Å²) in [7, 11) is 0. The summed E-state index contributed by atoms with van der Waals surface area (Å²) in [6, 6.07) is 16.1. The van der Waals surface area contributed by atoms with Crippen LogP contribution in [-0.4, -0.2) is 18.4 Å². The van der Waals surface area contributed by atoms with Crippen molar-refractivity contribution in [3.8, 4) is 5.75 Å². The van der Waals surface area contributed by atoms with Crippen LogP contribution in [-0.2, 0) is 4.79 Å². The highest BCUT2D eigenvalue weighted by molar-refractivity contribution is 9.11. The quantitative estimate of drug-likeness (QED) is 0.491. The molecular formula is C19H13Br2ClN2O3. The maximum absolute atomic E-state index is 12.0. The monoisotopic (exact) mass is 510 g/mol. The fraction of sp³-hybridized carbons (Fsp3) is 0.0526. The van der Waals surface area contributed by atoms with Gasteiger partial charge >= 0.3 is 0 Å². The van der Waals surface area contributed by atoms with E-state index in [4.69, 9.17) is 16.3 Å². The number of halogens is 3. The highest BCUT2D eigenvalue weighted by Gasteiger charge is 2.12. The number of hydrazine groups is 1. The molecule has 0 bridgehead atoms. The Labute approximate surface area is 177 Å². The van der Waals surface area contributed by atoms with Gasteiger partial charge < -0.3 is 4.74 Å². The Balaban J connectivity index is 1.59. The van der Waals surface area contributed by atoms with Crippen molar-refractivity contribution in [2.45, 2.75) is 0 Å². The average Bonchev–Trinajstić information content (AvgIpc) is 2.66. The molecule has 0 radical (unpaired) electrons. The van der Waals surface area contributed by atoms with Gasteiger partial charge in [0.25, 0.3) is 11.8 Å². The van der Waals surface area contributed by atoms with Gasteiger partial charge in [0.15, 0.2) is 6.61 Å². The van der Waals surface area contributed by atoms with Gasteiger partial charge in [-0.2, -0.15) is 0 Å². The van der Waals surface area contributed by atoms with E-state index in [0.29, 0.717) is 10.8 Å². The molecule has 138 valence electrons. The van der Waals surface area contributed by atoms with E-state index in [9.17, 15) is 9.59 Å². The molecule has 3 aromatic carbocycles. The molecule has 0 spiro atoms. The van der Waals surface area contributed by atoms with Crippen LogP contribution in [0.1, 0.15) is 10.4 Å². The zero-order valence-electron chi connectivity index (χ0n) is 13.8. The van der Waals surface area contributed by atoms with E-state index in [1.54, 1.807) is 30.3 Å². The van der Waals surface area contributed by atoms with Crippen LogP contribution in [0.15, 0.2) is 63.5 Å². The lowest BCUT2D eigenvalue weighted by Crippen LogP contribution is -2.43. The number of amides is 2. The van der Waals surface area contributed by atoms with Gasteiger partial charge in [0.1, 0.15) is 5.75 Å². The summed E-state index contributed by atoms with van der Waals surface area (Å²) in [5.41, 5.74) is 4.87. The fourth-order valence-electron chi connectivity index (χ4n) is 2.37. The Kier molecular flexibility index (Phi) is 6.36. The molecule has 3 rings (SSSR count). The summed E-state index contributed by atoms with van der Waals surface area (Å²) < 4.78 is 7.28. The molecule has 2 N–H and O–H groups in total. The summed E-state index contributed by atoms with van der Waals surface area (Å²) in [4.78, 5) is 24.0. The molecule has 8 heteroatoms. The fourth-order valence-corrected chi connectivity index (χ4v) is 3.58. The minimum Gasteiger partial charge on any atom is -0.483 e. The molecule has 0 aliphatic rings. The van der Waals surface area contributed by atoms with Crippen LogP contribution in [0.2, 0.25) is 5.02 Å². The Morgan fingerprint density at radius 1 is 1.00 bits per heavy atom. The second-order valence-corrected chi connectivity index (χ2v) is 7.63. The smallest absolute Gasteiger partial charge is 0.276 e. The second kappa shape index (κ2) is 8.73. The van der Waals surface area contributed by atoms with E-state index < -0.39 is 11.8 Å². The van der Waals surface area contributed by atoms with Crippen molar-refractivity contribution in [3.05, 3.63) is 74.1 Å². The van der Waals surface area contributed by atoms with Crippen molar-refractivity contribution in [2.75, 3.05) is 6.61 Å². The first-order valence-electron chi connectivity index (χ1n) is 7.80. The first kappa shape index (κ1) is 19.7. The normalized spacial score (nSPS) is 10.5. The average molecular weight is 513 g/mol. The highest BCUT2D eigenvalue weighted by atomic mass is 79.9. The molecule has 3 aromatic rings. The number of hydrogen-bond acceptors (Lipinski definition) is 3. The van der Waals surface area contributed by atoms with Gasteiger partial charge in [0.2, 0.25) is 0 Å². The van der Waals surface area contributed by atoms with Gasteiger partial charge in [-0.1, -0.05) is 51.8 Å². The molecule has 0 atom stereocenters. The zero-order valence-corrected chi connectivity index (χ0v) is 17.7. The van der Waals surface area contributed by atoms with Gasteiger partial charge in [0.05, 0.1) is 15.1 Å². The Morgan fingerprint density at radius 2 is 1.78 bits per heavy atom. The third-order valence-electron chi connectivity index (χ3n) is 3.67. The molecule has 0 aliphatic heterocycles. The van der Waals surface area contributed by atoms with E-state index in [2.05, 4.69) is 42.7 Å². The first-order chi connectivity index (χ1) is 13.0. The number of nitrogens with one attached hydrogen (secondary N) is 2. The molecule has 0 fully saturated rings. The molecule has 2 amide bonds. The number of benzene rings is 3. The number of fused-ring (bicyclic) bond motifs is 1. The van der Waals surface area contributed by atoms with Gasteiger partial charge in [-0.05, 0) is 57.0 Å². The van der Waals surface area contributed by atoms with Crippen LogP contribution in [0.25, 0.3) is 10.8 Å². The van der Waals surface area contributed by atoms with Crippen LogP contribution in [0, 0.1) is 0 Å². The van der Waals surface area contributed by atoms with Gasteiger partial charge in [-0.3, -0.25) is 20.4 Å². The van der Waals surface area contributed by atoms with E-state index in [0.717, 1.165) is 19.7 Å². The standard InChI is InChI=1S/C19H13Br2ClN2O3/c20-12-6-7-13-11(9-12)5-8-16(18(13)21)27-10-17(25)23-24-19(26)14-3-1-2-4-15(14)22/h1-9H,10H2,(H,23,25)(H,24,26). The van der Waals surface area contributed by atoms with E-state index >= 15 is 0 Å². The second-order valence-electron chi connectivity index (χ2n) is 5.51. The topological polar surface area (TPSA) is 67.4 Å². The van der Waals surface area contributed by atoms with Gasteiger partial charge in [-0.15, -0.1) is 0 Å². The lowest BCUT2D eigenvalue weighted by molar-refractivity contribution is -0.123. The molecule has 0 heterocycles. The summed E-state index contributed by atoms with van der Waals surface area (Å²) in [5.74, 6) is -0.484. The molecule has 0 aliphatic carbocycles. The molecule has 0 saturated carbocycles. The molecule has 27 heavy (non-hydrogen) atoms. The van der Waals surface area contributed by atoms with Crippen molar-refractivity contribution < 1.29 is 14.3 Å². The van der Waals surface area contributed by atoms with Crippen LogP contribution < -0.4 is 15.6 Å². The third-order valence-corrected chi connectivity index (χ3v) is 5.31. The van der Waals surface area contributed by atoms with Crippen LogP contribution in [0.5, 0.6) is 5.75 Å². The lowest BCUT2D eigenvalue weighted by atomic mass is 10.1. The molecule has 5 nitrogen and oxygen atoms in total. The van der Waals surface area contributed by atoms with Gasteiger partial charge in [-0.25, -0.2) is 0 Å². The predicted octanol–water partition coefficient (Wildman–Crippen LogP) is 4.86. The number of carbonyl (C=O) groups is 2. The molecule has 0 unspecified atom stereocenters. The molecule has 0 aromatic heterocycles. The van der Waals surface area contributed by atoms with E-state index in [1.165, 1.54) is 0 Å². The van der Waals surface area contributed by atoms with E-state index in [1.807, 2.05) is 24.3 Å². The predicted molar refractivity (Wildman–Crippen MR) is 112 cm³/mol. The zero-order chi connectivity index (χ0) is 19.4. The third kappa shape index (κ3) is 4.80. The molecule has 0 saturated heterocycles. The Bertz CT molecular complexity index is 1030. The summed E-state index contributed by atoms with van der Waals surface area (Å²) in [6.45, 7) is -0.260. The van der Waals surface area contributed by atoms with Crippen molar-refractivity contribution in [3.63, 3.8) is 0 Å². The maximum atomic E-state index is 12.0. The minimum absolute atomic E-state index is 0.260. The SMILES string of the molecule is O=C(COc1ccc2cc(Br)ccc2c1Br)NNC(=O)c1ccccc1Cl. The lowest BCUT2D eigenvalue weighted by Gasteiger charge is -2.12. The summed E-state index contributed by atoms with van der Waals surface area (Å²) in [5, 5.41) is 2.29. The highest BCUT2D eigenvalue weighted by Crippen LogP contribution is 2.34. The van der Waals surface area contributed by atoms with Crippen LogP contribution in [0.3, 0.4) is 0 Å². The minimum atomic E-state index is -0.508. The van der Waals surface area contributed by atoms with Crippen molar-refractivity contribution in [1.29, 1.82) is 0 Å². The number of rotatable bonds is 4. The number of carbonyl (C=O) groups excluding carboxylic acids is 2. The summed E-state index contributed by atoms with van der Waals surface area (Å²) >= 11 is 12.9. The van der Waals surface area contributed by atoms with Gasteiger partial charge in [0, 0.05) is 4.47 Å². The number of hydrogen-bond donors (Lipinski definition) is 2. The Morgan fingerprint density at radius 3 is 2.56 bits per heavy atom. The van der Waals surface area contributed by atoms with Crippen LogP contribution in [0.4, 0.5) is 0 Å². The Hall–Kier alpha value is -2.09. The van der Waals surface area contributed by atoms with Crippen molar-refractivity contribution >= 4 is 66.0 Å². The number of ether oxygens (including phenoxy) is 1. The van der Waals surface area contributed by atoms with Crippen molar-refractivity contribution in [1.82, 2.24) is 10.9 Å². The van der Waals surface area contributed by atoms with Crippen molar-refractivity contribution in [2.24, 2.45) is 0 Å². The van der Waals surface area contributed by atoms with Crippen LogP contribution >= 0.6 is 43.5 Å².